The molecule has 134 valence electrons. The number of benzene rings is 2. The second kappa shape index (κ2) is 8.00. The zero-order valence-electron chi connectivity index (χ0n) is 15.1. The first-order valence-corrected chi connectivity index (χ1v) is 8.79. The molecule has 1 aromatic heterocycles. The van der Waals surface area contributed by atoms with E-state index in [0.717, 1.165) is 12.2 Å². The Kier molecular flexibility index (Phi) is 5.52. The Bertz CT molecular complexity index is 853. The largest absolute Gasteiger partial charge is 0.345 e. The second-order valence-corrected chi connectivity index (χ2v) is 6.65. The number of rotatable bonds is 6. The molecule has 0 atom stereocenters. The van der Waals surface area contributed by atoms with Crippen molar-refractivity contribution in [1.82, 2.24) is 9.47 Å². The standard InChI is InChI=1S/C22H23FN2O/c1-17(2)25(22(26)19-10-12-20(23)13-11-19)16-21-9-6-14-24(21)15-18-7-4-3-5-8-18/h3-14,17H,15-16H2,1-2H3. The number of amides is 1. The minimum absolute atomic E-state index is 0.0348. The number of hydrogen-bond acceptors (Lipinski definition) is 1. The first-order chi connectivity index (χ1) is 12.5. The summed E-state index contributed by atoms with van der Waals surface area (Å²) in [5, 5.41) is 0. The van der Waals surface area contributed by atoms with E-state index in [1.54, 1.807) is 0 Å². The van der Waals surface area contributed by atoms with Gasteiger partial charge < -0.3 is 9.47 Å². The van der Waals surface area contributed by atoms with Crippen LogP contribution < -0.4 is 0 Å². The van der Waals surface area contributed by atoms with Crippen molar-refractivity contribution >= 4 is 5.91 Å². The van der Waals surface area contributed by atoms with Crippen LogP contribution in [0.15, 0.2) is 72.9 Å². The van der Waals surface area contributed by atoms with Crippen molar-refractivity contribution in [2.75, 3.05) is 0 Å². The molecule has 0 aliphatic heterocycles. The predicted octanol–water partition coefficient (Wildman–Crippen LogP) is 4.73. The van der Waals surface area contributed by atoms with E-state index in [-0.39, 0.29) is 17.8 Å². The van der Waals surface area contributed by atoms with Crippen molar-refractivity contribution in [2.45, 2.75) is 33.0 Å². The van der Waals surface area contributed by atoms with Crippen LogP contribution in [0.25, 0.3) is 0 Å². The molecule has 0 unspecified atom stereocenters. The van der Waals surface area contributed by atoms with E-state index in [0.29, 0.717) is 12.1 Å². The summed E-state index contributed by atoms with van der Waals surface area (Å²) in [5.41, 5.74) is 2.78. The number of nitrogens with zero attached hydrogens (tertiary/aromatic N) is 2. The zero-order valence-corrected chi connectivity index (χ0v) is 15.1. The summed E-state index contributed by atoms with van der Waals surface area (Å²) in [6, 6.07) is 20.0. The highest BCUT2D eigenvalue weighted by Crippen LogP contribution is 2.16. The molecular weight excluding hydrogens is 327 g/mol. The first kappa shape index (κ1) is 17.9. The summed E-state index contributed by atoms with van der Waals surface area (Å²) in [6.45, 7) is 5.26. The van der Waals surface area contributed by atoms with Gasteiger partial charge in [-0.1, -0.05) is 30.3 Å². The van der Waals surface area contributed by atoms with Crippen LogP contribution in [0.1, 0.15) is 35.5 Å². The van der Waals surface area contributed by atoms with Crippen LogP contribution in [-0.2, 0) is 13.1 Å². The van der Waals surface area contributed by atoms with E-state index in [1.807, 2.05) is 55.3 Å². The predicted molar refractivity (Wildman–Crippen MR) is 101 cm³/mol. The number of aromatic nitrogens is 1. The maximum atomic E-state index is 13.1. The molecule has 1 amide bonds. The van der Waals surface area contributed by atoms with E-state index >= 15 is 0 Å². The minimum atomic E-state index is -0.339. The lowest BCUT2D eigenvalue weighted by Gasteiger charge is -2.27. The maximum absolute atomic E-state index is 13.1. The summed E-state index contributed by atoms with van der Waals surface area (Å²) < 4.78 is 15.3. The van der Waals surface area contributed by atoms with Gasteiger partial charge in [-0.05, 0) is 55.8 Å². The van der Waals surface area contributed by atoms with Gasteiger partial charge in [0, 0.05) is 30.0 Å². The van der Waals surface area contributed by atoms with Crippen LogP contribution in [0.3, 0.4) is 0 Å². The summed E-state index contributed by atoms with van der Waals surface area (Å²) in [4.78, 5) is 14.7. The molecular formula is C22H23FN2O. The Morgan fingerprint density at radius 1 is 1.00 bits per heavy atom. The normalized spacial score (nSPS) is 10.9. The average Bonchev–Trinajstić information content (AvgIpc) is 3.07. The first-order valence-electron chi connectivity index (χ1n) is 8.79. The quantitative estimate of drug-likeness (QED) is 0.631. The van der Waals surface area contributed by atoms with Gasteiger partial charge in [0.15, 0.2) is 0 Å². The van der Waals surface area contributed by atoms with E-state index in [9.17, 15) is 9.18 Å². The topological polar surface area (TPSA) is 25.2 Å². The van der Waals surface area contributed by atoms with E-state index in [2.05, 4.69) is 16.7 Å². The molecule has 3 nitrogen and oxygen atoms in total. The summed E-state index contributed by atoms with van der Waals surface area (Å²) in [6.07, 6.45) is 2.03. The molecule has 3 aromatic rings. The van der Waals surface area contributed by atoms with Crippen molar-refractivity contribution in [1.29, 1.82) is 0 Å². The van der Waals surface area contributed by atoms with Gasteiger partial charge >= 0.3 is 0 Å². The Labute approximate surface area is 153 Å². The highest BCUT2D eigenvalue weighted by molar-refractivity contribution is 5.94. The fourth-order valence-corrected chi connectivity index (χ4v) is 2.95. The Morgan fingerprint density at radius 2 is 1.69 bits per heavy atom. The highest BCUT2D eigenvalue weighted by Gasteiger charge is 2.20. The molecule has 0 fully saturated rings. The molecule has 0 N–H and O–H groups in total. The third kappa shape index (κ3) is 4.20. The SMILES string of the molecule is CC(C)N(Cc1cccn1Cc1ccccc1)C(=O)c1ccc(F)cc1. The maximum Gasteiger partial charge on any atom is 0.254 e. The van der Waals surface area contributed by atoms with Crippen LogP contribution >= 0.6 is 0 Å². The molecule has 0 aliphatic rings. The van der Waals surface area contributed by atoms with Gasteiger partial charge in [-0.25, -0.2) is 4.39 Å². The van der Waals surface area contributed by atoms with Crippen LogP contribution in [0.4, 0.5) is 4.39 Å². The number of carbonyl (C=O) groups excluding carboxylic acids is 1. The molecule has 0 radical (unpaired) electrons. The molecule has 0 aliphatic carbocycles. The van der Waals surface area contributed by atoms with Crippen LogP contribution in [-0.4, -0.2) is 21.4 Å². The Balaban J connectivity index is 1.80. The lowest BCUT2D eigenvalue weighted by Crippen LogP contribution is -2.37. The van der Waals surface area contributed by atoms with Crippen molar-refractivity contribution < 1.29 is 9.18 Å². The van der Waals surface area contributed by atoms with Crippen molar-refractivity contribution in [3.05, 3.63) is 95.6 Å². The molecule has 1 heterocycles. The fourth-order valence-electron chi connectivity index (χ4n) is 2.95. The smallest absolute Gasteiger partial charge is 0.254 e. The third-order valence-corrected chi connectivity index (χ3v) is 4.43. The van der Waals surface area contributed by atoms with Crippen LogP contribution in [0.5, 0.6) is 0 Å². The van der Waals surface area contributed by atoms with Crippen LogP contribution in [0.2, 0.25) is 0 Å². The van der Waals surface area contributed by atoms with E-state index in [1.165, 1.54) is 29.8 Å². The molecule has 2 aromatic carbocycles. The fraction of sp³-hybridized carbons (Fsp3) is 0.227. The van der Waals surface area contributed by atoms with Gasteiger partial charge in [-0.3, -0.25) is 4.79 Å². The molecule has 0 spiro atoms. The van der Waals surface area contributed by atoms with E-state index in [4.69, 9.17) is 0 Å². The summed E-state index contributed by atoms with van der Waals surface area (Å²) in [7, 11) is 0. The number of halogens is 1. The average molecular weight is 350 g/mol. The van der Waals surface area contributed by atoms with Gasteiger partial charge in [0.2, 0.25) is 0 Å². The lowest BCUT2D eigenvalue weighted by atomic mass is 10.1. The molecule has 26 heavy (non-hydrogen) atoms. The Morgan fingerprint density at radius 3 is 2.35 bits per heavy atom. The van der Waals surface area contributed by atoms with Gasteiger partial charge in [0.1, 0.15) is 5.82 Å². The van der Waals surface area contributed by atoms with Gasteiger partial charge in [0.25, 0.3) is 5.91 Å². The van der Waals surface area contributed by atoms with Crippen molar-refractivity contribution in [2.24, 2.45) is 0 Å². The number of carbonyl (C=O) groups is 1. The second-order valence-electron chi connectivity index (χ2n) is 6.65. The molecule has 3 rings (SSSR count). The van der Waals surface area contributed by atoms with Gasteiger partial charge in [0.05, 0.1) is 6.54 Å². The van der Waals surface area contributed by atoms with Crippen molar-refractivity contribution in [3.63, 3.8) is 0 Å². The highest BCUT2D eigenvalue weighted by atomic mass is 19.1. The molecule has 0 bridgehead atoms. The molecule has 4 heteroatoms. The third-order valence-electron chi connectivity index (χ3n) is 4.43. The zero-order chi connectivity index (χ0) is 18.5. The monoisotopic (exact) mass is 350 g/mol. The van der Waals surface area contributed by atoms with Gasteiger partial charge in [-0.2, -0.15) is 0 Å². The van der Waals surface area contributed by atoms with Gasteiger partial charge in [-0.15, -0.1) is 0 Å². The summed E-state index contributed by atoms with van der Waals surface area (Å²) >= 11 is 0. The Hall–Kier alpha value is -2.88. The van der Waals surface area contributed by atoms with E-state index < -0.39 is 0 Å². The minimum Gasteiger partial charge on any atom is -0.345 e. The number of hydrogen-bond donors (Lipinski definition) is 0. The summed E-state index contributed by atoms with van der Waals surface area (Å²) in [5.74, 6) is -0.429. The van der Waals surface area contributed by atoms with Crippen LogP contribution in [0, 0.1) is 5.82 Å². The lowest BCUT2D eigenvalue weighted by molar-refractivity contribution is 0.0686. The molecule has 0 saturated carbocycles. The molecule has 0 saturated heterocycles. The van der Waals surface area contributed by atoms with Crippen molar-refractivity contribution in [3.8, 4) is 0 Å².